The van der Waals surface area contributed by atoms with Crippen LogP contribution in [-0.2, 0) is 12.8 Å². The van der Waals surface area contributed by atoms with E-state index in [9.17, 15) is 4.39 Å². The molecule has 0 heterocycles. The molecule has 0 fully saturated rings. The minimum atomic E-state index is -0.239. The van der Waals surface area contributed by atoms with E-state index in [1.807, 2.05) is 0 Å². The maximum atomic E-state index is 13.1. The van der Waals surface area contributed by atoms with Crippen molar-refractivity contribution in [3.05, 3.63) is 69.4 Å². The maximum Gasteiger partial charge on any atom is 0.124 e. The molecule has 2 rings (SSSR count). The standard InChI is InChI=1S/C16H18BrFN2/c1-11-2-4-12(5-3-11)8-15(20-19)9-13-6-7-14(18)10-16(13)17/h2-7,10,15,20H,8-9,19H2,1H3. The number of hydrogen-bond donors (Lipinski definition) is 2. The van der Waals surface area contributed by atoms with E-state index in [0.717, 1.165) is 22.9 Å². The molecule has 0 aliphatic rings. The van der Waals surface area contributed by atoms with E-state index in [4.69, 9.17) is 5.84 Å². The quantitative estimate of drug-likeness (QED) is 0.647. The summed E-state index contributed by atoms with van der Waals surface area (Å²) >= 11 is 3.39. The summed E-state index contributed by atoms with van der Waals surface area (Å²) in [6.07, 6.45) is 1.58. The van der Waals surface area contributed by atoms with Gasteiger partial charge in [-0.05, 0) is 43.0 Å². The fourth-order valence-corrected chi connectivity index (χ4v) is 2.66. The van der Waals surface area contributed by atoms with Gasteiger partial charge in [0.1, 0.15) is 5.82 Å². The summed E-state index contributed by atoms with van der Waals surface area (Å²) in [6, 6.07) is 13.3. The Morgan fingerprint density at radius 1 is 1.15 bits per heavy atom. The highest BCUT2D eigenvalue weighted by Crippen LogP contribution is 2.20. The first-order valence-corrected chi connectivity index (χ1v) is 7.33. The SMILES string of the molecule is Cc1ccc(CC(Cc2ccc(F)cc2Br)NN)cc1. The molecule has 0 aliphatic carbocycles. The van der Waals surface area contributed by atoms with Gasteiger partial charge in [-0.25, -0.2) is 4.39 Å². The molecule has 1 atom stereocenters. The second-order valence-electron chi connectivity index (χ2n) is 4.99. The molecule has 20 heavy (non-hydrogen) atoms. The Bertz CT molecular complexity index is 569. The van der Waals surface area contributed by atoms with Crippen LogP contribution in [0.5, 0.6) is 0 Å². The summed E-state index contributed by atoms with van der Waals surface area (Å²) < 4.78 is 13.9. The molecule has 0 spiro atoms. The van der Waals surface area contributed by atoms with E-state index in [2.05, 4.69) is 52.5 Å². The van der Waals surface area contributed by atoms with Crippen LogP contribution in [0.25, 0.3) is 0 Å². The third-order valence-corrected chi connectivity index (χ3v) is 4.06. The van der Waals surface area contributed by atoms with Gasteiger partial charge in [0.2, 0.25) is 0 Å². The number of nitrogens with one attached hydrogen (secondary N) is 1. The highest BCUT2D eigenvalue weighted by molar-refractivity contribution is 9.10. The van der Waals surface area contributed by atoms with Crippen LogP contribution in [0, 0.1) is 12.7 Å². The van der Waals surface area contributed by atoms with Crippen molar-refractivity contribution in [1.29, 1.82) is 0 Å². The highest BCUT2D eigenvalue weighted by Gasteiger charge is 2.11. The number of hydrazine groups is 1. The zero-order valence-corrected chi connectivity index (χ0v) is 13.0. The van der Waals surface area contributed by atoms with Gasteiger partial charge in [0.25, 0.3) is 0 Å². The van der Waals surface area contributed by atoms with Crippen molar-refractivity contribution in [2.24, 2.45) is 5.84 Å². The average Bonchev–Trinajstić information content (AvgIpc) is 2.43. The molecule has 0 radical (unpaired) electrons. The molecule has 0 aliphatic heterocycles. The molecule has 2 aromatic carbocycles. The van der Waals surface area contributed by atoms with Gasteiger partial charge in [0.05, 0.1) is 0 Å². The summed E-state index contributed by atoms with van der Waals surface area (Å²) in [5, 5.41) is 0. The monoisotopic (exact) mass is 336 g/mol. The van der Waals surface area contributed by atoms with Crippen LogP contribution in [0.1, 0.15) is 16.7 Å². The number of benzene rings is 2. The van der Waals surface area contributed by atoms with E-state index in [-0.39, 0.29) is 11.9 Å². The van der Waals surface area contributed by atoms with Crippen molar-refractivity contribution in [3.63, 3.8) is 0 Å². The topological polar surface area (TPSA) is 38.0 Å². The van der Waals surface area contributed by atoms with Crippen LogP contribution in [0.2, 0.25) is 0 Å². The van der Waals surface area contributed by atoms with Gasteiger partial charge in [-0.3, -0.25) is 11.3 Å². The number of aryl methyl sites for hydroxylation is 1. The third kappa shape index (κ3) is 4.13. The van der Waals surface area contributed by atoms with Crippen LogP contribution < -0.4 is 11.3 Å². The van der Waals surface area contributed by atoms with Gasteiger partial charge < -0.3 is 0 Å². The second-order valence-corrected chi connectivity index (χ2v) is 5.85. The van der Waals surface area contributed by atoms with Crippen molar-refractivity contribution in [3.8, 4) is 0 Å². The van der Waals surface area contributed by atoms with E-state index in [0.29, 0.717) is 0 Å². The van der Waals surface area contributed by atoms with Crippen LogP contribution in [0.15, 0.2) is 46.9 Å². The van der Waals surface area contributed by atoms with E-state index in [1.165, 1.54) is 23.3 Å². The molecule has 2 aromatic rings. The van der Waals surface area contributed by atoms with Crippen LogP contribution in [0.4, 0.5) is 4.39 Å². The molecule has 4 heteroatoms. The molecule has 0 aromatic heterocycles. The molecular weight excluding hydrogens is 319 g/mol. The van der Waals surface area contributed by atoms with Crippen LogP contribution in [0.3, 0.4) is 0 Å². The minimum absolute atomic E-state index is 0.111. The maximum absolute atomic E-state index is 13.1. The summed E-state index contributed by atoms with van der Waals surface area (Å²) in [4.78, 5) is 0. The largest absolute Gasteiger partial charge is 0.271 e. The van der Waals surface area contributed by atoms with Crippen molar-refractivity contribution >= 4 is 15.9 Å². The van der Waals surface area contributed by atoms with Crippen molar-refractivity contribution < 1.29 is 4.39 Å². The Balaban J connectivity index is 2.07. The smallest absolute Gasteiger partial charge is 0.124 e. The number of rotatable bonds is 5. The van der Waals surface area contributed by atoms with Crippen molar-refractivity contribution in [2.75, 3.05) is 0 Å². The minimum Gasteiger partial charge on any atom is -0.271 e. The van der Waals surface area contributed by atoms with Crippen LogP contribution in [-0.4, -0.2) is 6.04 Å². The zero-order chi connectivity index (χ0) is 14.5. The van der Waals surface area contributed by atoms with Gasteiger partial charge in [-0.1, -0.05) is 51.8 Å². The normalized spacial score (nSPS) is 12.4. The Kier molecular flexibility index (Phi) is 5.29. The first-order valence-electron chi connectivity index (χ1n) is 6.54. The Morgan fingerprint density at radius 3 is 2.45 bits per heavy atom. The lowest BCUT2D eigenvalue weighted by molar-refractivity contribution is 0.521. The molecule has 0 saturated carbocycles. The molecule has 0 bridgehead atoms. The lowest BCUT2D eigenvalue weighted by Gasteiger charge is -2.17. The highest BCUT2D eigenvalue weighted by atomic mass is 79.9. The fraction of sp³-hybridized carbons (Fsp3) is 0.250. The molecule has 3 N–H and O–H groups in total. The third-order valence-electron chi connectivity index (χ3n) is 3.32. The number of hydrogen-bond acceptors (Lipinski definition) is 2. The number of nitrogens with two attached hydrogens (primary N) is 1. The number of halogens is 2. The lowest BCUT2D eigenvalue weighted by atomic mass is 9.99. The van der Waals surface area contributed by atoms with Crippen LogP contribution >= 0.6 is 15.9 Å². The molecule has 1 unspecified atom stereocenters. The predicted molar refractivity (Wildman–Crippen MR) is 83.8 cm³/mol. The van der Waals surface area contributed by atoms with Gasteiger partial charge in [-0.15, -0.1) is 0 Å². The van der Waals surface area contributed by atoms with Crippen molar-refractivity contribution in [1.82, 2.24) is 5.43 Å². The van der Waals surface area contributed by atoms with Gasteiger partial charge >= 0.3 is 0 Å². The van der Waals surface area contributed by atoms with E-state index >= 15 is 0 Å². The summed E-state index contributed by atoms with van der Waals surface area (Å²) in [5.74, 6) is 5.40. The fourth-order valence-electron chi connectivity index (χ4n) is 2.15. The lowest BCUT2D eigenvalue weighted by Crippen LogP contribution is -2.38. The first-order chi connectivity index (χ1) is 9.58. The van der Waals surface area contributed by atoms with Crippen molar-refractivity contribution in [2.45, 2.75) is 25.8 Å². The van der Waals surface area contributed by atoms with E-state index in [1.54, 1.807) is 6.07 Å². The molecule has 2 nitrogen and oxygen atoms in total. The first kappa shape index (κ1) is 15.2. The van der Waals surface area contributed by atoms with E-state index < -0.39 is 0 Å². The Labute approximate surface area is 127 Å². The summed E-state index contributed by atoms with van der Waals surface area (Å²) in [5.41, 5.74) is 6.36. The van der Waals surface area contributed by atoms with Gasteiger partial charge in [0.15, 0.2) is 0 Å². The average molecular weight is 337 g/mol. The van der Waals surface area contributed by atoms with Gasteiger partial charge in [-0.2, -0.15) is 0 Å². The summed E-state index contributed by atoms with van der Waals surface area (Å²) in [7, 11) is 0. The summed E-state index contributed by atoms with van der Waals surface area (Å²) in [6.45, 7) is 2.07. The Hall–Kier alpha value is -1.23. The Morgan fingerprint density at radius 2 is 1.85 bits per heavy atom. The zero-order valence-electron chi connectivity index (χ0n) is 11.4. The second kappa shape index (κ2) is 6.97. The van der Waals surface area contributed by atoms with Gasteiger partial charge in [0, 0.05) is 10.5 Å². The molecule has 0 amide bonds. The molecule has 0 saturated heterocycles. The molecule has 106 valence electrons. The predicted octanol–water partition coefficient (Wildman–Crippen LogP) is 3.51. The molecular formula is C16H18BrFN2.